The fourth-order valence-electron chi connectivity index (χ4n) is 2.20. The summed E-state index contributed by atoms with van der Waals surface area (Å²) in [6, 6.07) is 7.44. The number of aromatic nitrogens is 1. The highest BCUT2D eigenvalue weighted by atomic mass is 79.9. The smallest absolute Gasteiger partial charge is 0.335 e. The van der Waals surface area contributed by atoms with Crippen molar-refractivity contribution in [3.8, 4) is 0 Å². The summed E-state index contributed by atoms with van der Waals surface area (Å²) >= 11 is 3.34. The number of carboxylic acid groups (broad SMARTS) is 1. The zero-order valence-electron chi connectivity index (χ0n) is 14.8. The van der Waals surface area contributed by atoms with E-state index in [1.54, 1.807) is 18.3 Å². The Morgan fingerprint density at radius 2 is 1.96 bits per heavy atom. The van der Waals surface area contributed by atoms with E-state index in [4.69, 9.17) is 5.11 Å². The number of benzene rings is 1. The highest BCUT2D eigenvalue weighted by molar-refractivity contribution is 9.10. The molecule has 0 saturated carbocycles. The molecule has 1 aromatic carbocycles. The summed E-state index contributed by atoms with van der Waals surface area (Å²) < 4.78 is 1.06. The third kappa shape index (κ3) is 7.26. The van der Waals surface area contributed by atoms with E-state index in [-0.39, 0.29) is 0 Å². The Balaban J connectivity index is 0.000000272. The predicted octanol–water partition coefficient (Wildman–Crippen LogP) is 5.69. The second-order valence-corrected chi connectivity index (χ2v) is 7.16. The number of halogens is 1. The molecule has 0 aliphatic rings. The van der Waals surface area contributed by atoms with E-state index >= 15 is 0 Å². The Morgan fingerprint density at radius 1 is 1.25 bits per heavy atom. The van der Waals surface area contributed by atoms with Crippen LogP contribution < -0.4 is 0 Å². The first-order chi connectivity index (χ1) is 11.3. The first kappa shape index (κ1) is 20.4. The Labute approximate surface area is 153 Å². The van der Waals surface area contributed by atoms with E-state index < -0.39 is 5.97 Å². The molecule has 0 unspecified atom stereocenters. The van der Waals surface area contributed by atoms with Crippen LogP contribution in [-0.2, 0) is 12.8 Å². The topological polar surface area (TPSA) is 50.2 Å². The molecule has 1 aromatic heterocycles. The van der Waals surface area contributed by atoms with Crippen LogP contribution in [0.4, 0.5) is 0 Å². The summed E-state index contributed by atoms with van der Waals surface area (Å²) in [7, 11) is 0. The van der Waals surface area contributed by atoms with Gasteiger partial charge in [0.1, 0.15) is 0 Å². The number of carboxylic acids is 1. The number of nitrogens with zero attached hydrogens (tertiary/aromatic N) is 1. The molecule has 0 aliphatic heterocycles. The van der Waals surface area contributed by atoms with Gasteiger partial charge in [-0.15, -0.1) is 0 Å². The quantitative estimate of drug-likeness (QED) is 0.711. The van der Waals surface area contributed by atoms with Crippen molar-refractivity contribution in [1.29, 1.82) is 0 Å². The maximum Gasteiger partial charge on any atom is 0.335 e. The van der Waals surface area contributed by atoms with E-state index in [2.05, 4.69) is 47.8 Å². The van der Waals surface area contributed by atoms with Gasteiger partial charge in [0.25, 0.3) is 0 Å². The van der Waals surface area contributed by atoms with Crippen molar-refractivity contribution in [2.45, 2.75) is 47.0 Å². The van der Waals surface area contributed by atoms with Crippen molar-refractivity contribution < 1.29 is 9.90 Å². The average molecular weight is 392 g/mol. The molecule has 1 N–H and O–H groups in total. The lowest BCUT2D eigenvalue weighted by molar-refractivity contribution is 0.0696. The fourth-order valence-corrected chi connectivity index (χ4v) is 2.62. The van der Waals surface area contributed by atoms with Gasteiger partial charge in [-0.2, -0.15) is 0 Å². The van der Waals surface area contributed by atoms with Crippen LogP contribution in [-0.4, -0.2) is 16.1 Å². The molecule has 0 atom stereocenters. The van der Waals surface area contributed by atoms with E-state index in [0.29, 0.717) is 11.5 Å². The maximum atomic E-state index is 10.7. The van der Waals surface area contributed by atoms with E-state index in [1.165, 1.54) is 11.1 Å². The monoisotopic (exact) mass is 391 g/mol. The molecule has 0 amide bonds. The van der Waals surface area contributed by atoms with Crippen molar-refractivity contribution >= 4 is 21.9 Å². The van der Waals surface area contributed by atoms with Crippen molar-refractivity contribution in [3.63, 3.8) is 0 Å². The van der Waals surface area contributed by atoms with Crippen LogP contribution >= 0.6 is 15.9 Å². The molecule has 24 heavy (non-hydrogen) atoms. The normalized spacial score (nSPS) is 10.2. The molecule has 2 aromatic rings. The fraction of sp³-hybridized carbons (Fsp3) is 0.400. The van der Waals surface area contributed by atoms with Gasteiger partial charge < -0.3 is 5.11 Å². The van der Waals surface area contributed by atoms with E-state index in [1.807, 2.05) is 19.2 Å². The Morgan fingerprint density at radius 3 is 2.42 bits per heavy atom. The van der Waals surface area contributed by atoms with Gasteiger partial charge in [0.15, 0.2) is 0 Å². The molecule has 0 bridgehead atoms. The van der Waals surface area contributed by atoms with Crippen LogP contribution in [0.25, 0.3) is 0 Å². The van der Waals surface area contributed by atoms with E-state index in [0.717, 1.165) is 29.3 Å². The average Bonchev–Trinajstić information content (AvgIpc) is 2.54. The highest BCUT2D eigenvalue weighted by Gasteiger charge is 2.06. The summed E-state index contributed by atoms with van der Waals surface area (Å²) in [5.74, 6) is -0.169. The molecule has 130 valence electrons. The van der Waals surface area contributed by atoms with Crippen molar-refractivity contribution in [1.82, 2.24) is 4.98 Å². The minimum absolute atomic E-state index is 0.376. The standard InChI is InChI=1S/C13H18O2.C7H8BrN/c1-9(2)4-5-11-6-7-12(13(14)15)8-10(11)3;1-2-6-3-7(8)5-9-4-6/h6-9H,4-5H2,1-3H3,(H,14,15);3-5H,2H2,1H3. The largest absolute Gasteiger partial charge is 0.478 e. The second kappa shape index (κ2) is 10.2. The zero-order valence-corrected chi connectivity index (χ0v) is 16.4. The maximum absolute atomic E-state index is 10.7. The summed E-state index contributed by atoms with van der Waals surface area (Å²) in [5.41, 5.74) is 3.98. The number of hydrogen-bond acceptors (Lipinski definition) is 2. The highest BCUT2D eigenvalue weighted by Crippen LogP contribution is 2.15. The molecule has 0 radical (unpaired) electrons. The van der Waals surface area contributed by atoms with Gasteiger partial charge in [0, 0.05) is 16.9 Å². The molecule has 1 heterocycles. The lowest BCUT2D eigenvalue weighted by atomic mass is 9.97. The minimum Gasteiger partial charge on any atom is -0.478 e. The molecule has 0 fully saturated rings. The van der Waals surface area contributed by atoms with Crippen molar-refractivity contribution in [3.05, 3.63) is 63.4 Å². The van der Waals surface area contributed by atoms with Crippen LogP contribution in [0.2, 0.25) is 0 Å². The predicted molar refractivity (Wildman–Crippen MR) is 103 cm³/mol. The molecule has 3 nitrogen and oxygen atoms in total. The Hall–Kier alpha value is -1.68. The lowest BCUT2D eigenvalue weighted by Gasteiger charge is -2.08. The second-order valence-electron chi connectivity index (χ2n) is 6.24. The summed E-state index contributed by atoms with van der Waals surface area (Å²) in [5, 5.41) is 8.82. The first-order valence-electron chi connectivity index (χ1n) is 8.25. The number of rotatable bonds is 5. The third-order valence-electron chi connectivity index (χ3n) is 3.75. The Kier molecular flexibility index (Phi) is 8.69. The van der Waals surface area contributed by atoms with Crippen LogP contribution in [0, 0.1) is 12.8 Å². The van der Waals surface area contributed by atoms with Crippen LogP contribution in [0.5, 0.6) is 0 Å². The number of hydrogen-bond donors (Lipinski definition) is 1. The van der Waals surface area contributed by atoms with Gasteiger partial charge in [0.05, 0.1) is 5.56 Å². The summed E-state index contributed by atoms with van der Waals surface area (Å²) in [6.07, 6.45) is 6.90. The Bertz CT molecular complexity index is 668. The van der Waals surface area contributed by atoms with Gasteiger partial charge in [-0.05, 0) is 82.9 Å². The molecule has 4 heteroatoms. The third-order valence-corrected chi connectivity index (χ3v) is 4.18. The molecule has 0 saturated heterocycles. The number of aryl methyl sites for hydroxylation is 3. The van der Waals surface area contributed by atoms with Gasteiger partial charge in [-0.1, -0.05) is 26.8 Å². The van der Waals surface area contributed by atoms with Gasteiger partial charge in [0.2, 0.25) is 0 Å². The van der Waals surface area contributed by atoms with Crippen molar-refractivity contribution in [2.24, 2.45) is 5.92 Å². The molecular formula is C20H26BrNO2. The SMILES string of the molecule is CCc1cncc(Br)c1.Cc1cc(C(=O)O)ccc1CCC(C)C. The first-order valence-corrected chi connectivity index (χ1v) is 9.05. The van der Waals surface area contributed by atoms with Gasteiger partial charge in [-0.3, -0.25) is 4.98 Å². The molecule has 2 rings (SSSR count). The van der Waals surface area contributed by atoms with Crippen LogP contribution in [0.1, 0.15) is 54.2 Å². The van der Waals surface area contributed by atoms with Crippen LogP contribution in [0.3, 0.4) is 0 Å². The molecule has 0 aliphatic carbocycles. The van der Waals surface area contributed by atoms with Gasteiger partial charge >= 0.3 is 5.97 Å². The lowest BCUT2D eigenvalue weighted by Crippen LogP contribution is -2.00. The number of aromatic carboxylic acids is 1. The van der Waals surface area contributed by atoms with Gasteiger partial charge in [-0.25, -0.2) is 4.79 Å². The number of pyridine rings is 1. The minimum atomic E-state index is -0.853. The van der Waals surface area contributed by atoms with E-state index in [9.17, 15) is 4.79 Å². The van der Waals surface area contributed by atoms with Crippen LogP contribution in [0.15, 0.2) is 41.1 Å². The molecule has 0 spiro atoms. The van der Waals surface area contributed by atoms with Crippen molar-refractivity contribution in [2.75, 3.05) is 0 Å². The summed E-state index contributed by atoms with van der Waals surface area (Å²) in [6.45, 7) is 8.48. The molecular weight excluding hydrogens is 366 g/mol. The zero-order chi connectivity index (χ0) is 18.1. The summed E-state index contributed by atoms with van der Waals surface area (Å²) in [4.78, 5) is 14.7. The number of carbonyl (C=O) groups is 1.